The van der Waals surface area contributed by atoms with E-state index in [9.17, 15) is 4.39 Å². The minimum atomic E-state index is -0.696. The van der Waals surface area contributed by atoms with E-state index in [4.69, 9.17) is 14.6 Å². The molecule has 1 aromatic carbocycles. The SMILES string of the molecule is CCO[C@@H](CC)Oc1ccc(O)c(F)c1. The number of halogens is 1. The summed E-state index contributed by atoms with van der Waals surface area (Å²) in [4.78, 5) is 0. The molecule has 0 aliphatic heterocycles. The van der Waals surface area contributed by atoms with Crippen LogP contribution in [0.1, 0.15) is 20.3 Å². The van der Waals surface area contributed by atoms with Crippen molar-refractivity contribution in [1.82, 2.24) is 0 Å². The lowest BCUT2D eigenvalue weighted by atomic mass is 10.3. The Kier molecular flexibility index (Phi) is 4.37. The first-order chi connectivity index (χ1) is 7.17. The van der Waals surface area contributed by atoms with E-state index < -0.39 is 5.82 Å². The van der Waals surface area contributed by atoms with Crippen LogP contribution < -0.4 is 4.74 Å². The smallest absolute Gasteiger partial charge is 0.199 e. The van der Waals surface area contributed by atoms with E-state index in [0.717, 1.165) is 6.07 Å². The average Bonchev–Trinajstić information content (AvgIpc) is 2.23. The fraction of sp³-hybridized carbons (Fsp3) is 0.455. The van der Waals surface area contributed by atoms with E-state index >= 15 is 0 Å². The van der Waals surface area contributed by atoms with Crippen LogP contribution in [0, 0.1) is 5.82 Å². The van der Waals surface area contributed by atoms with Gasteiger partial charge >= 0.3 is 0 Å². The number of aromatic hydroxyl groups is 1. The lowest BCUT2D eigenvalue weighted by Gasteiger charge is -2.17. The van der Waals surface area contributed by atoms with Gasteiger partial charge in [-0.25, -0.2) is 4.39 Å². The van der Waals surface area contributed by atoms with Gasteiger partial charge in [-0.3, -0.25) is 0 Å². The van der Waals surface area contributed by atoms with Gasteiger partial charge in [-0.15, -0.1) is 0 Å². The van der Waals surface area contributed by atoms with Gasteiger partial charge in [0, 0.05) is 19.1 Å². The number of benzene rings is 1. The fourth-order valence-corrected chi connectivity index (χ4v) is 1.13. The molecule has 3 nitrogen and oxygen atoms in total. The Morgan fingerprint density at radius 1 is 1.40 bits per heavy atom. The van der Waals surface area contributed by atoms with Gasteiger partial charge in [-0.1, -0.05) is 6.92 Å². The molecule has 1 aromatic rings. The highest BCUT2D eigenvalue weighted by atomic mass is 19.1. The first-order valence-electron chi connectivity index (χ1n) is 4.94. The van der Waals surface area contributed by atoms with Crippen LogP contribution in [-0.2, 0) is 4.74 Å². The summed E-state index contributed by atoms with van der Waals surface area (Å²) >= 11 is 0. The molecule has 0 radical (unpaired) electrons. The molecule has 0 fully saturated rings. The van der Waals surface area contributed by atoms with E-state index in [2.05, 4.69) is 0 Å². The Morgan fingerprint density at radius 2 is 2.13 bits per heavy atom. The van der Waals surface area contributed by atoms with Crippen molar-refractivity contribution in [3.05, 3.63) is 24.0 Å². The van der Waals surface area contributed by atoms with Gasteiger partial charge < -0.3 is 14.6 Å². The normalized spacial score (nSPS) is 12.5. The van der Waals surface area contributed by atoms with Crippen LogP contribution in [0.2, 0.25) is 0 Å². The van der Waals surface area contributed by atoms with Crippen molar-refractivity contribution in [2.24, 2.45) is 0 Å². The maximum absolute atomic E-state index is 12.9. The monoisotopic (exact) mass is 214 g/mol. The molecule has 1 rings (SSSR count). The van der Waals surface area contributed by atoms with Gasteiger partial charge in [0.25, 0.3) is 0 Å². The van der Waals surface area contributed by atoms with Gasteiger partial charge in [0.15, 0.2) is 17.9 Å². The Balaban J connectivity index is 2.66. The van der Waals surface area contributed by atoms with E-state index in [-0.39, 0.29) is 12.0 Å². The lowest BCUT2D eigenvalue weighted by Crippen LogP contribution is -2.19. The quantitative estimate of drug-likeness (QED) is 0.766. The molecule has 0 saturated heterocycles. The third kappa shape index (κ3) is 3.40. The van der Waals surface area contributed by atoms with Crippen LogP contribution in [0.5, 0.6) is 11.5 Å². The zero-order valence-corrected chi connectivity index (χ0v) is 8.87. The summed E-state index contributed by atoms with van der Waals surface area (Å²) in [5, 5.41) is 8.98. The molecule has 0 amide bonds. The largest absolute Gasteiger partial charge is 0.505 e. The summed E-state index contributed by atoms with van der Waals surface area (Å²) in [7, 11) is 0. The van der Waals surface area contributed by atoms with Crippen LogP contribution in [0.15, 0.2) is 18.2 Å². The maximum atomic E-state index is 12.9. The van der Waals surface area contributed by atoms with Gasteiger partial charge in [0.05, 0.1) is 0 Å². The first-order valence-corrected chi connectivity index (χ1v) is 4.94. The third-order valence-electron chi connectivity index (χ3n) is 1.87. The molecule has 0 spiro atoms. The fourth-order valence-electron chi connectivity index (χ4n) is 1.13. The summed E-state index contributed by atoms with van der Waals surface area (Å²) in [6.45, 7) is 4.32. The standard InChI is InChI=1S/C11H15FO3/c1-3-11(14-4-2)15-8-5-6-10(13)9(12)7-8/h5-7,11,13H,3-4H2,1-2H3/t11-/m1/s1. The predicted octanol–water partition coefficient (Wildman–Crippen LogP) is 2.68. The summed E-state index contributed by atoms with van der Waals surface area (Å²) in [5.74, 6) is -0.726. The molecule has 1 atom stereocenters. The van der Waals surface area contributed by atoms with E-state index in [1.807, 2.05) is 13.8 Å². The second kappa shape index (κ2) is 5.56. The topological polar surface area (TPSA) is 38.7 Å². The van der Waals surface area contributed by atoms with Gasteiger partial charge in [0.2, 0.25) is 0 Å². The van der Waals surface area contributed by atoms with Crippen molar-refractivity contribution in [2.45, 2.75) is 26.6 Å². The highest BCUT2D eigenvalue weighted by Gasteiger charge is 2.09. The molecule has 0 heterocycles. The number of hydrogen-bond acceptors (Lipinski definition) is 3. The number of phenols is 1. The van der Waals surface area contributed by atoms with Crippen LogP contribution in [0.25, 0.3) is 0 Å². The maximum Gasteiger partial charge on any atom is 0.199 e. The minimum Gasteiger partial charge on any atom is -0.505 e. The molecule has 1 N–H and O–H groups in total. The Labute approximate surface area is 88.4 Å². The van der Waals surface area contributed by atoms with Crippen molar-refractivity contribution < 1.29 is 19.0 Å². The summed E-state index contributed by atoms with van der Waals surface area (Å²) < 4.78 is 23.6. The highest BCUT2D eigenvalue weighted by Crippen LogP contribution is 2.22. The van der Waals surface area contributed by atoms with Gasteiger partial charge in [0.1, 0.15) is 5.75 Å². The zero-order chi connectivity index (χ0) is 11.3. The molecule has 0 aromatic heterocycles. The van der Waals surface area contributed by atoms with Crippen LogP contribution in [0.4, 0.5) is 4.39 Å². The Morgan fingerprint density at radius 3 is 2.67 bits per heavy atom. The third-order valence-corrected chi connectivity index (χ3v) is 1.87. The van der Waals surface area contributed by atoms with Crippen molar-refractivity contribution >= 4 is 0 Å². The summed E-state index contributed by atoms with van der Waals surface area (Å²) in [6, 6.07) is 3.89. The van der Waals surface area contributed by atoms with Crippen LogP contribution in [-0.4, -0.2) is 18.0 Å². The molecule has 0 bridgehead atoms. The highest BCUT2D eigenvalue weighted by molar-refractivity contribution is 5.31. The molecular formula is C11H15FO3. The predicted molar refractivity (Wildman–Crippen MR) is 54.4 cm³/mol. The van der Waals surface area contributed by atoms with Crippen molar-refractivity contribution in [1.29, 1.82) is 0 Å². The molecule has 0 unspecified atom stereocenters. The summed E-state index contributed by atoms with van der Waals surface area (Å²) in [6.07, 6.45) is 0.301. The lowest BCUT2D eigenvalue weighted by molar-refractivity contribution is -0.0767. The van der Waals surface area contributed by atoms with E-state index in [1.165, 1.54) is 12.1 Å². The molecule has 0 aliphatic carbocycles. The molecule has 0 saturated carbocycles. The Hall–Kier alpha value is -1.29. The zero-order valence-electron chi connectivity index (χ0n) is 8.87. The number of ether oxygens (including phenoxy) is 2. The van der Waals surface area contributed by atoms with Gasteiger partial charge in [-0.05, 0) is 19.1 Å². The second-order valence-corrected chi connectivity index (χ2v) is 3.02. The van der Waals surface area contributed by atoms with Crippen molar-refractivity contribution in [3.8, 4) is 11.5 Å². The minimum absolute atomic E-state index is 0.352. The molecule has 4 heteroatoms. The van der Waals surface area contributed by atoms with Crippen LogP contribution >= 0.6 is 0 Å². The first kappa shape index (κ1) is 11.8. The van der Waals surface area contributed by atoms with Crippen molar-refractivity contribution in [2.75, 3.05) is 6.61 Å². The van der Waals surface area contributed by atoms with Gasteiger partial charge in [-0.2, -0.15) is 0 Å². The van der Waals surface area contributed by atoms with E-state index in [0.29, 0.717) is 18.8 Å². The molecular weight excluding hydrogens is 199 g/mol. The molecule has 84 valence electrons. The van der Waals surface area contributed by atoms with Crippen molar-refractivity contribution in [3.63, 3.8) is 0 Å². The average molecular weight is 214 g/mol. The summed E-state index contributed by atoms with van der Waals surface area (Å²) in [5.41, 5.74) is 0. The molecule has 15 heavy (non-hydrogen) atoms. The van der Waals surface area contributed by atoms with Crippen LogP contribution in [0.3, 0.4) is 0 Å². The van der Waals surface area contributed by atoms with E-state index in [1.54, 1.807) is 0 Å². The number of rotatable bonds is 5. The Bertz CT molecular complexity index is 315. The number of hydrogen-bond donors (Lipinski definition) is 1. The molecule has 0 aliphatic rings. The second-order valence-electron chi connectivity index (χ2n) is 3.02. The number of phenolic OH excluding ortho intramolecular Hbond substituents is 1.